The summed E-state index contributed by atoms with van der Waals surface area (Å²) in [6, 6.07) is 4.67. The largest absolute Gasteiger partial charge is 0.508 e. The molecule has 0 bridgehead atoms. The highest BCUT2D eigenvalue weighted by molar-refractivity contribution is 5.52. The number of phenols is 1. The van der Waals surface area contributed by atoms with Gasteiger partial charge in [0.15, 0.2) is 0 Å². The molecule has 4 heteroatoms. The summed E-state index contributed by atoms with van der Waals surface area (Å²) in [5.41, 5.74) is 6.87. The fraction of sp³-hybridized carbons (Fsp3) is 0.500. The van der Waals surface area contributed by atoms with Crippen LogP contribution in [-0.2, 0) is 4.74 Å². The zero-order valence-electron chi connectivity index (χ0n) is 9.10. The van der Waals surface area contributed by atoms with Gasteiger partial charge in [0.2, 0.25) is 0 Å². The Bertz CT molecular complexity index is 361. The quantitative estimate of drug-likeness (QED) is 0.663. The van der Waals surface area contributed by atoms with Crippen LogP contribution in [0.3, 0.4) is 0 Å². The average Bonchev–Trinajstić information content (AvgIpc) is 2.29. The summed E-state index contributed by atoms with van der Waals surface area (Å²) >= 11 is 0. The molecule has 16 heavy (non-hydrogen) atoms. The molecule has 0 amide bonds. The van der Waals surface area contributed by atoms with E-state index in [1.807, 2.05) is 0 Å². The summed E-state index contributed by atoms with van der Waals surface area (Å²) in [6.07, 6.45) is 1.31. The first-order chi connectivity index (χ1) is 7.68. The third kappa shape index (κ3) is 2.28. The summed E-state index contributed by atoms with van der Waals surface area (Å²) in [7, 11) is 0. The maximum atomic E-state index is 10.2. The van der Waals surface area contributed by atoms with E-state index in [9.17, 15) is 10.2 Å². The van der Waals surface area contributed by atoms with E-state index in [1.165, 1.54) is 6.07 Å². The Balaban J connectivity index is 2.15. The fourth-order valence-corrected chi connectivity index (χ4v) is 2.10. The van der Waals surface area contributed by atoms with E-state index in [2.05, 4.69) is 0 Å². The predicted octanol–water partition coefficient (Wildman–Crippen LogP) is 1.43. The smallest absolute Gasteiger partial charge is 0.117 e. The summed E-state index contributed by atoms with van der Waals surface area (Å²) in [5.74, 6) is 0.217. The average molecular weight is 223 g/mol. The number of nitrogens with two attached hydrogens (primary N) is 1. The topological polar surface area (TPSA) is 75.7 Å². The SMILES string of the molecule is Nc1cc(O)ccc1C(O)C1CCCOC1. The highest BCUT2D eigenvalue weighted by atomic mass is 16.5. The van der Waals surface area contributed by atoms with Crippen molar-refractivity contribution < 1.29 is 14.9 Å². The minimum absolute atomic E-state index is 0.0978. The molecular formula is C12H17NO3. The van der Waals surface area contributed by atoms with Crippen LogP contribution < -0.4 is 5.73 Å². The van der Waals surface area contributed by atoms with Crippen LogP contribution in [0.5, 0.6) is 5.75 Å². The van der Waals surface area contributed by atoms with E-state index in [-0.39, 0.29) is 11.7 Å². The number of hydrogen-bond acceptors (Lipinski definition) is 4. The molecule has 2 rings (SSSR count). The number of aromatic hydroxyl groups is 1. The van der Waals surface area contributed by atoms with Crippen LogP contribution in [0.15, 0.2) is 18.2 Å². The lowest BCUT2D eigenvalue weighted by molar-refractivity contribution is -0.00969. The molecule has 2 unspecified atom stereocenters. The van der Waals surface area contributed by atoms with Crippen LogP contribution in [0.25, 0.3) is 0 Å². The summed E-state index contributed by atoms with van der Waals surface area (Å²) in [6.45, 7) is 1.34. The predicted molar refractivity (Wildman–Crippen MR) is 61.0 cm³/mol. The van der Waals surface area contributed by atoms with Gasteiger partial charge in [-0.15, -0.1) is 0 Å². The number of ether oxygens (including phenoxy) is 1. The van der Waals surface area contributed by atoms with Gasteiger partial charge < -0.3 is 20.7 Å². The van der Waals surface area contributed by atoms with Crippen molar-refractivity contribution in [3.8, 4) is 5.75 Å². The molecule has 1 saturated heterocycles. The van der Waals surface area contributed by atoms with E-state index in [1.54, 1.807) is 12.1 Å². The van der Waals surface area contributed by atoms with Gasteiger partial charge in [-0.1, -0.05) is 6.07 Å². The molecule has 1 aromatic carbocycles. The molecule has 0 saturated carbocycles. The van der Waals surface area contributed by atoms with Crippen molar-refractivity contribution in [3.05, 3.63) is 23.8 Å². The highest BCUT2D eigenvalue weighted by Gasteiger charge is 2.25. The lowest BCUT2D eigenvalue weighted by atomic mass is 9.90. The Morgan fingerprint density at radius 3 is 2.88 bits per heavy atom. The van der Waals surface area contributed by atoms with Crippen molar-refractivity contribution in [2.24, 2.45) is 5.92 Å². The van der Waals surface area contributed by atoms with Crippen LogP contribution in [0.2, 0.25) is 0 Å². The Morgan fingerprint density at radius 2 is 2.25 bits per heavy atom. The number of anilines is 1. The van der Waals surface area contributed by atoms with Crippen molar-refractivity contribution in [3.63, 3.8) is 0 Å². The molecule has 4 N–H and O–H groups in total. The number of rotatable bonds is 2. The number of nitrogen functional groups attached to an aromatic ring is 1. The van der Waals surface area contributed by atoms with Crippen molar-refractivity contribution in [1.29, 1.82) is 0 Å². The number of phenolic OH excluding ortho intramolecular Hbond substituents is 1. The molecule has 2 atom stereocenters. The fourth-order valence-electron chi connectivity index (χ4n) is 2.10. The first-order valence-corrected chi connectivity index (χ1v) is 5.52. The highest BCUT2D eigenvalue weighted by Crippen LogP contribution is 2.33. The maximum Gasteiger partial charge on any atom is 0.117 e. The number of aliphatic hydroxyl groups is 1. The first kappa shape index (κ1) is 11.2. The van der Waals surface area contributed by atoms with Gasteiger partial charge in [0.1, 0.15) is 5.75 Å². The monoisotopic (exact) mass is 223 g/mol. The second-order valence-corrected chi connectivity index (χ2v) is 4.24. The van der Waals surface area contributed by atoms with Crippen molar-refractivity contribution in [2.45, 2.75) is 18.9 Å². The third-order valence-corrected chi connectivity index (χ3v) is 3.03. The van der Waals surface area contributed by atoms with Gasteiger partial charge >= 0.3 is 0 Å². The van der Waals surface area contributed by atoms with Gasteiger partial charge in [0.05, 0.1) is 12.7 Å². The molecular weight excluding hydrogens is 206 g/mol. The lowest BCUT2D eigenvalue weighted by Gasteiger charge is -2.27. The Kier molecular flexibility index (Phi) is 3.31. The molecule has 0 radical (unpaired) electrons. The molecule has 1 aliphatic rings. The van der Waals surface area contributed by atoms with Crippen LogP contribution in [-0.4, -0.2) is 23.4 Å². The molecule has 88 valence electrons. The van der Waals surface area contributed by atoms with Crippen molar-refractivity contribution >= 4 is 5.69 Å². The Hall–Kier alpha value is -1.26. The Morgan fingerprint density at radius 1 is 1.44 bits per heavy atom. The van der Waals surface area contributed by atoms with Crippen LogP contribution in [0, 0.1) is 5.92 Å². The molecule has 1 fully saturated rings. The minimum atomic E-state index is -0.610. The molecule has 0 aliphatic carbocycles. The number of aliphatic hydroxyl groups excluding tert-OH is 1. The molecule has 1 aliphatic heterocycles. The van der Waals surface area contributed by atoms with Gasteiger partial charge in [0.25, 0.3) is 0 Å². The van der Waals surface area contributed by atoms with E-state index in [0.29, 0.717) is 17.9 Å². The molecule has 4 nitrogen and oxygen atoms in total. The standard InChI is InChI=1S/C12H17NO3/c13-11-6-9(14)3-4-10(11)12(15)8-2-1-5-16-7-8/h3-4,6,8,12,14-15H,1-2,5,7,13H2. The van der Waals surface area contributed by atoms with Gasteiger partial charge in [-0.05, 0) is 18.9 Å². The van der Waals surface area contributed by atoms with Crippen LogP contribution in [0.1, 0.15) is 24.5 Å². The van der Waals surface area contributed by atoms with E-state index < -0.39 is 6.10 Å². The van der Waals surface area contributed by atoms with Crippen molar-refractivity contribution in [2.75, 3.05) is 18.9 Å². The van der Waals surface area contributed by atoms with Crippen LogP contribution in [0.4, 0.5) is 5.69 Å². The van der Waals surface area contributed by atoms with Crippen LogP contribution >= 0.6 is 0 Å². The van der Waals surface area contributed by atoms with E-state index in [0.717, 1.165) is 19.4 Å². The maximum absolute atomic E-state index is 10.2. The Labute approximate surface area is 94.7 Å². The summed E-state index contributed by atoms with van der Waals surface area (Å²) < 4.78 is 5.34. The van der Waals surface area contributed by atoms with E-state index >= 15 is 0 Å². The lowest BCUT2D eigenvalue weighted by Crippen LogP contribution is -2.24. The molecule has 0 aromatic heterocycles. The number of hydrogen-bond donors (Lipinski definition) is 3. The molecule has 1 heterocycles. The van der Waals surface area contributed by atoms with Gasteiger partial charge in [-0.2, -0.15) is 0 Å². The van der Waals surface area contributed by atoms with Crippen molar-refractivity contribution in [1.82, 2.24) is 0 Å². The van der Waals surface area contributed by atoms with Gasteiger partial charge in [0, 0.05) is 29.8 Å². The normalized spacial score (nSPS) is 22.9. The summed E-state index contributed by atoms with van der Waals surface area (Å²) in [5, 5.41) is 19.4. The molecule has 1 aromatic rings. The van der Waals surface area contributed by atoms with Gasteiger partial charge in [-0.25, -0.2) is 0 Å². The summed E-state index contributed by atoms with van der Waals surface area (Å²) in [4.78, 5) is 0. The number of benzene rings is 1. The van der Waals surface area contributed by atoms with E-state index in [4.69, 9.17) is 10.5 Å². The zero-order chi connectivity index (χ0) is 11.5. The first-order valence-electron chi connectivity index (χ1n) is 5.52. The third-order valence-electron chi connectivity index (χ3n) is 3.03. The second-order valence-electron chi connectivity index (χ2n) is 4.24. The van der Waals surface area contributed by atoms with Gasteiger partial charge in [-0.3, -0.25) is 0 Å². The molecule has 0 spiro atoms. The minimum Gasteiger partial charge on any atom is -0.508 e. The zero-order valence-corrected chi connectivity index (χ0v) is 9.10. The second kappa shape index (κ2) is 4.72.